The predicted octanol–water partition coefficient (Wildman–Crippen LogP) is 8.92. The average molecular weight is 627 g/mol. The number of ether oxygens (including phenoxy) is 2. The molecular formula is C35H32BrNO3S. The van der Waals surface area contributed by atoms with Gasteiger partial charge in [0.05, 0.1) is 0 Å². The minimum atomic E-state index is 0.0192. The summed E-state index contributed by atoms with van der Waals surface area (Å²) >= 11 is 5.19. The summed E-state index contributed by atoms with van der Waals surface area (Å²) < 4.78 is 14.2. The highest BCUT2D eigenvalue weighted by Crippen LogP contribution is 2.42. The Hall–Kier alpha value is -3.45. The van der Waals surface area contributed by atoms with Crippen molar-refractivity contribution in [1.82, 2.24) is 4.90 Å². The Morgan fingerprint density at radius 1 is 0.878 bits per heavy atom. The SMILES string of the molecule is Cc1cc(C(=O)c2c(-c3ccc(OCCN4CCCC4)cc3)sc3cc(OCc4ccccc4)ccc23)ccc1Br. The van der Waals surface area contributed by atoms with Crippen LogP contribution in [0, 0.1) is 6.92 Å². The molecule has 4 aromatic carbocycles. The third kappa shape index (κ3) is 6.40. The van der Waals surface area contributed by atoms with Crippen molar-refractivity contribution in [2.75, 3.05) is 26.2 Å². The Balaban J connectivity index is 1.31. The Kier molecular flexibility index (Phi) is 8.51. The van der Waals surface area contributed by atoms with E-state index in [0.717, 1.165) is 59.7 Å². The number of ketones is 1. The van der Waals surface area contributed by atoms with Gasteiger partial charge in [-0.3, -0.25) is 9.69 Å². The maximum Gasteiger partial charge on any atom is 0.195 e. The Labute approximate surface area is 253 Å². The number of fused-ring (bicyclic) bond motifs is 1. The van der Waals surface area contributed by atoms with Gasteiger partial charge < -0.3 is 9.47 Å². The highest BCUT2D eigenvalue weighted by atomic mass is 79.9. The van der Waals surface area contributed by atoms with Gasteiger partial charge >= 0.3 is 0 Å². The number of aryl methyl sites for hydroxylation is 1. The summed E-state index contributed by atoms with van der Waals surface area (Å²) in [5.74, 6) is 1.65. The van der Waals surface area contributed by atoms with Gasteiger partial charge in [-0.05, 0) is 110 Å². The molecule has 6 rings (SSSR count). The molecule has 0 saturated carbocycles. The van der Waals surface area contributed by atoms with Gasteiger partial charge in [0.1, 0.15) is 24.7 Å². The highest BCUT2D eigenvalue weighted by molar-refractivity contribution is 9.10. The molecule has 0 amide bonds. The van der Waals surface area contributed by atoms with Gasteiger partial charge in [0, 0.05) is 37.1 Å². The van der Waals surface area contributed by atoms with Gasteiger partial charge in [0.2, 0.25) is 0 Å². The fraction of sp³-hybridized carbons (Fsp3) is 0.229. The fourth-order valence-corrected chi connectivity index (χ4v) is 6.75. The van der Waals surface area contributed by atoms with Crippen molar-refractivity contribution in [3.8, 4) is 21.9 Å². The van der Waals surface area contributed by atoms with Crippen LogP contribution in [-0.2, 0) is 6.61 Å². The van der Waals surface area contributed by atoms with Crippen molar-refractivity contribution in [1.29, 1.82) is 0 Å². The van der Waals surface area contributed by atoms with Crippen molar-refractivity contribution in [3.05, 3.63) is 118 Å². The molecule has 1 fully saturated rings. The van der Waals surface area contributed by atoms with Gasteiger partial charge in [0.25, 0.3) is 0 Å². The lowest BCUT2D eigenvalue weighted by Gasteiger charge is -2.15. The third-order valence-electron chi connectivity index (χ3n) is 7.55. The number of benzene rings is 4. The van der Waals surface area contributed by atoms with Crippen molar-refractivity contribution in [2.24, 2.45) is 0 Å². The van der Waals surface area contributed by atoms with Crippen molar-refractivity contribution in [2.45, 2.75) is 26.4 Å². The number of hydrogen-bond acceptors (Lipinski definition) is 5. The number of carbonyl (C=O) groups is 1. The number of rotatable bonds is 10. The first-order valence-electron chi connectivity index (χ1n) is 14.0. The van der Waals surface area contributed by atoms with E-state index in [2.05, 4.69) is 45.1 Å². The van der Waals surface area contributed by atoms with Gasteiger partial charge in [0.15, 0.2) is 5.78 Å². The number of thiophene rings is 1. The van der Waals surface area contributed by atoms with Crippen LogP contribution in [0.2, 0.25) is 0 Å². The average Bonchev–Trinajstić information content (AvgIpc) is 3.66. The normalized spacial score (nSPS) is 13.5. The van der Waals surface area contributed by atoms with Crippen LogP contribution in [0.1, 0.15) is 39.9 Å². The molecule has 0 spiro atoms. The summed E-state index contributed by atoms with van der Waals surface area (Å²) in [6, 6.07) is 30.1. The van der Waals surface area contributed by atoms with Crippen LogP contribution >= 0.6 is 27.3 Å². The van der Waals surface area contributed by atoms with Crippen LogP contribution < -0.4 is 9.47 Å². The van der Waals surface area contributed by atoms with E-state index in [-0.39, 0.29) is 5.78 Å². The summed E-state index contributed by atoms with van der Waals surface area (Å²) in [4.78, 5) is 17.4. The second-order valence-electron chi connectivity index (χ2n) is 10.5. The third-order valence-corrected chi connectivity index (χ3v) is 9.64. The monoisotopic (exact) mass is 625 g/mol. The number of carbonyl (C=O) groups excluding carboxylic acids is 1. The quantitative estimate of drug-likeness (QED) is 0.145. The Morgan fingerprint density at radius 3 is 2.39 bits per heavy atom. The zero-order valence-electron chi connectivity index (χ0n) is 23.1. The van der Waals surface area contributed by atoms with Crippen molar-refractivity contribution in [3.63, 3.8) is 0 Å². The first-order chi connectivity index (χ1) is 20.0. The predicted molar refractivity (Wildman–Crippen MR) is 172 cm³/mol. The van der Waals surface area contributed by atoms with Crippen LogP contribution in [0.3, 0.4) is 0 Å². The number of hydrogen-bond donors (Lipinski definition) is 0. The molecule has 2 heterocycles. The minimum absolute atomic E-state index is 0.0192. The molecule has 0 atom stereocenters. The van der Waals surface area contributed by atoms with E-state index >= 15 is 0 Å². The molecule has 1 aliphatic rings. The summed E-state index contributed by atoms with van der Waals surface area (Å²) in [6.07, 6.45) is 2.57. The van der Waals surface area contributed by atoms with Crippen LogP contribution in [0.5, 0.6) is 11.5 Å². The molecular weight excluding hydrogens is 594 g/mol. The van der Waals surface area contributed by atoms with Crippen LogP contribution in [0.15, 0.2) is 95.5 Å². The Bertz CT molecular complexity index is 1660. The smallest absolute Gasteiger partial charge is 0.195 e. The van der Waals surface area contributed by atoms with E-state index in [1.807, 2.05) is 73.7 Å². The molecule has 1 saturated heterocycles. The zero-order valence-corrected chi connectivity index (χ0v) is 25.5. The lowest BCUT2D eigenvalue weighted by Crippen LogP contribution is -2.25. The second-order valence-corrected chi connectivity index (χ2v) is 12.4. The molecule has 0 N–H and O–H groups in total. The first kappa shape index (κ1) is 27.7. The molecule has 0 radical (unpaired) electrons. The molecule has 1 aliphatic heterocycles. The molecule has 1 aromatic heterocycles. The topological polar surface area (TPSA) is 38.8 Å². The molecule has 208 valence electrons. The number of nitrogens with zero attached hydrogens (tertiary/aromatic N) is 1. The van der Waals surface area contributed by atoms with Crippen molar-refractivity contribution >= 4 is 43.1 Å². The standard InChI is InChI=1S/C35H32BrNO3S/c1-24-21-27(11-16-31(24)36)34(38)33-30-15-14-29(40-23-25-7-3-2-4-8-25)22-32(30)41-35(33)26-9-12-28(13-10-26)39-20-19-37-17-5-6-18-37/h2-4,7-16,21-22H,5-6,17-20,23H2,1H3. The lowest BCUT2D eigenvalue weighted by atomic mass is 9.96. The van der Waals surface area contributed by atoms with Crippen LogP contribution in [0.25, 0.3) is 20.5 Å². The molecule has 0 bridgehead atoms. The maximum absolute atomic E-state index is 14.0. The summed E-state index contributed by atoms with van der Waals surface area (Å²) in [5.41, 5.74) is 4.55. The van der Waals surface area contributed by atoms with E-state index in [1.165, 1.54) is 25.9 Å². The molecule has 6 heteroatoms. The summed E-state index contributed by atoms with van der Waals surface area (Å²) in [7, 11) is 0. The van der Waals surface area contributed by atoms with E-state index in [9.17, 15) is 4.79 Å². The molecule has 5 aromatic rings. The minimum Gasteiger partial charge on any atom is -0.492 e. The summed E-state index contributed by atoms with van der Waals surface area (Å²) in [6.45, 7) is 6.47. The largest absolute Gasteiger partial charge is 0.492 e. The summed E-state index contributed by atoms with van der Waals surface area (Å²) in [5, 5.41) is 0.938. The second kappa shape index (κ2) is 12.6. The first-order valence-corrected chi connectivity index (χ1v) is 15.7. The van der Waals surface area contributed by atoms with Crippen LogP contribution in [0.4, 0.5) is 0 Å². The molecule has 41 heavy (non-hydrogen) atoms. The van der Waals surface area contributed by atoms with Crippen molar-refractivity contribution < 1.29 is 14.3 Å². The lowest BCUT2D eigenvalue weighted by molar-refractivity contribution is 0.104. The van der Waals surface area contributed by atoms with E-state index in [4.69, 9.17) is 9.47 Å². The van der Waals surface area contributed by atoms with E-state index in [0.29, 0.717) is 18.8 Å². The maximum atomic E-state index is 14.0. The molecule has 0 aliphatic carbocycles. The van der Waals surface area contributed by atoms with Gasteiger partial charge in [-0.1, -0.05) is 46.3 Å². The zero-order chi connectivity index (χ0) is 28.2. The Morgan fingerprint density at radius 2 is 1.63 bits per heavy atom. The van der Waals surface area contributed by atoms with Gasteiger partial charge in [-0.2, -0.15) is 0 Å². The molecule has 4 nitrogen and oxygen atoms in total. The number of halogens is 1. The van der Waals surface area contributed by atoms with Gasteiger partial charge in [-0.25, -0.2) is 0 Å². The van der Waals surface area contributed by atoms with E-state index in [1.54, 1.807) is 11.3 Å². The van der Waals surface area contributed by atoms with Gasteiger partial charge in [-0.15, -0.1) is 11.3 Å². The highest BCUT2D eigenvalue weighted by Gasteiger charge is 2.22. The fourth-order valence-electron chi connectivity index (χ4n) is 5.27. The number of likely N-dealkylation sites (tertiary alicyclic amines) is 1. The van der Waals surface area contributed by atoms with E-state index < -0.39 is 0 Å². The van der Waals surface area contributed by atoms with Crippen LogP contribution in [-0.4, -0.2) is 36.9 Å². The molecule has 0 unspecified atom stereocenters.